The molecule has 0 aromatic heterocycles. The lowest BCUT2D eigenvalue weighted by Crippen LogP contribution is -2.55. The molecule has 1 rings (SSSR count). The summed E-state index contributed by atoms with van der Waals surface area (Å²) < 4.78 is 20.0. The average molecular weight is 491 g/mol. The highest BCUT2D eigenvalue weighted by atomic mass is 32.2. The van der Waals surface area contributed by atoms with Crippen molar-refractivity contribution in [2.45, 2.75) is 129 Å². The number of hydrogen-bond donors (Lipinski definition) is 0. The third-order valence-corrected chi connectivity index (χ3v) is 18.0. The Labute approximate surface area is 199 Å². The predicted octanol–water partition coefficient (Wildman–Crippen LogP) is 7.11. The van der Waals surface area contributed by atoms with Crippen LogP contribution in [0.15, 0.2) is 0 Å². The Bertz CT molecular complexity index is 583. The first-order valence-electron chi connectivity index (χ1n) is 12.0. The van der Waals surface area contributed by atoms with Crippen molar-refractivity contribution in [3.63, 3.8) is 0 Å². The standard InChI is InChI=1S/C24H50O4SSi2/c1-14-29-22-18(3)21(28-31(12,13)24(7,8)9)17(2)20(26-22)15-19(16-25)27-30(10,11)23(4,5)6/h16-22H,14-15H2,1-13H3/t17-,18+,19-,20-,21-,22?/m1/s1. The van der Waals surface area contributed by atoms with Crippen LogP contribution in [-0.2, 0) is 18.4 Å². The molecule has 6 atom stereocenters. The number of carbonyl (C=O) groups is 1. The second kappa shape index (κ2) is 10.7. The molecule has 1 fully saturated rings. The molecule has 0 aromatic carbocycles. The fourth-order valence-electron chi connectivity index (χ4n) is 3.54. The van der Waals surface area contributed by atoms with E-state index in [4.69, 9.17) is 13.6 Å². The lowest BCUT2D eigenvalue weighted by molar-refractivity contribution is -0.140. The van der Waals surface area contributed by atoms with E-state index in [1.165, 1.54) is 0 Å². The van der Waals surface area contributed by atoms with Crippen molar-refractivity contribution in [1.82, 2.24) is 0 Å². The third kappa shape index (κ3) is 7.41. The largest absolute Gasteiger partial charge is 0.413 e. The van der Waals surface area contributed by atoms with Gasteiger partial charge in [-0.2, -0.15) is 0 Å². The Morgan fingerprint density at radius 3 is 1.90 bits per heavy atom. The van der Waals surface area contributed by atoms with Gasteiger partial charge in [0.2, 0.25) is 0 Å². The zero-order chi connectivity index (χ0) is 24.4. The molecule has 0 radical (unpaired) electrons. The zero-order valence-corrected chi connectivity index (χ0v) is 25.3. The first-order valence-corrected chi connectivity index (χ1v) is 18.8. The van der Waals surface area contributed by atoms with Crippen LogP contribution in [0.3, 0.4) is 0 Å². The van der Waals surface area contributed by atoms with Crippen molar-refractivity contribution >= 4 is 34.7 Å². The monoisotopic (exact) mass is 490 g/mol. The van der Waals surface area contributed by atoms with Gasteiger partial charge in [0.25, 0.3) is 0 Å². The summed E-state index contributed by atoms with van der Waals surface area (Å²) in [7, 11) is -3.97. The van der Waals surface area contributed by atoms with Gasteiger partial charge in [0.15, 0.2) is 16.6 Å². The summed E-state index contributed by atoms with van der Waals surface area (Å²) in [5.41, 5.74) is 0.0844. The van der Waals surface area contributed by atoms with Crippen LogP contribution in [0.25, 0.3) is 0 Å². The van der Waals surface area contributed by atoms with Crippen molar-refractivity contribution in [3.8, 4) is 0 Å². The van der Waals surface area contributed by atoms with Gasteiger partial charge in [-0.05, 0) is 42.0 Å². The molecule has 0 bridgehead atoms. The van der Waals surface area contributed by atoms with Crippen LogP contribution in [0.2, 0.25) is 36.3 Å². The minimum Gasteiger partial charge on any atom is -0.413 e. The van der Waals surface area contributed by atoms with E-state index < -0.39 is 22.7 Å². The Balaban J connectivity index is 3.12. The molecule has 7 heteroatoms. The van der Waals surface area contributed by atoms with Crippen molar-refractivity contribution in [2.75, 3.05) is 5.75 Å². The molecule has 31 heavy (non-hydrogen) atoms. The van der Waals surface area contributed by atoms with Crippen molar-refractivity contribution < 1.29 is 18.4 Å². The Morgan fingerprint density at radius 2 is 1.48 bits per heavy atom. The highest BCUT2D eigenvalue weighted by Gasteiger charge is 2.48. The van der Waals surface area contributed by atoms with Gasteiger partial charge in [0.1, 0.15) is 17.8 Å². The Morgan fingerprint density at radius 1 is 0.968 bits per heavy atom. The highest BCUT2D eigenvalue weighted by molar-refractivity contribution is 7.99. The summed E-state index contributed by atoms with van der Waals surface area (Å²) in [6.07, 6.45) is 1.24. The predicted molar refractivity (Wildman–Crippen MR) is 140 cm³/mol. The molecule has 0 N–H and O–H groups in total. The number of carbonyl (C=O) groups excluding carboxylic acids is 1. The molecule has 1 unspecified atom stereocenters. The zero-order valence-electron chi connectivity index (χ0n) is 22.5. The molecule has 1 aliphatic heterocycles. The topological polar surface area (TPSA) is 44.8 Å². The van der Waals surface area contributed by atoms with Crippen molar-refractivity contribution in [2.24, 2.45) is 11.8 Å². The summed E-state index contributed by atoms with van der Waals surface area (Å²) in [4.78, 5) is 12.0. The fourth-order valence-corrected chi connectivity index (χ4v) is 7.27. The van der Waals surface area contributed by atoms with E-state index in [-0.39, 0.29) is 33.6 Å². The van der Waals surface area contributed by atoms with Gasteiger partial charge in [-0.3, -0.25) is 0 Å². The first kappa shape index (κ1) is 29.4. The van der Waals surface area contributed by atoms with Crippen molar-refractivity contribution in [3.05, 3.63) is 0 Å². The number of aldehydes is 1. The maximum Gasteiger partial charge on any atom is 0.193 e. The van der Waals surface area contributed by atoms with Crippen LogP contribution in [0.1, 0.15) is 68.7 Å². The highest BCUT2D eigenvalue weighted by Crippen LogP contribution is 2.45. The minimum absolute atomic E-state index is 0.0463. The lowest BCUT2D eigenvalue weighted by atomic mass is 9.84. The van der Waals surface area contributed by atoms with Crippen LogP contribution in [0, 0.1) is 11.8 Å². The fraction of sp³-hybridized carbons (Fsp3) is 0.958. The maximum atomic E-state index is 12.0. The molecule has 0 aliphatic carbocycles. The van der Waals surface area contributed by atoms with Gasteiger partial charge in [-0.15, -0.1) is 11.8 Å². The molecule has 0 amide bonds. The van der Waals surface area contributed by atoms with Gasteiger partial charge in [-0.1, -0.05) is 62.3 Å². The second-order valence-corrected chi connectivity index (χ2v) is 23.2. The molecule has 1 saturated heterocycles. The summed E-state index contributed by atoms with van der Waals surface area (Å²) >= 11 is 1.85. The van der Waals surface area contributed by atoms with E-state index in [9.17, 15) is 4.79 Å². The third-order valence-electron chi connectivity index (χ3n) is 7.80. The molecule has 0 saturated carbocycles. The Hall–Kier alpha value is 0.334. The van der Waals surface area contributed by atoms with Gasteiger partial charge in [0.05, 0.1) is 12.2 Å². The van der Waals surface area contributed by atoms with Crippen molar-refractivity contribution in [1.29, 1.82) is 0 Å². The van der Waals surface area contributed by atoms with Crippen LogP contribution < -0.4 is 0 Å². The summed E-state index contributed by atoms with van der Waals surface area (Å²) in [6, 6.07) is 0. The molecular weight excluding hydrogens is 440 g/mol. The summed E-state index contributed by atoms with van der Waals surface area (Å²) in [5, 5.41) is 0.223. The second-order valence-electron chi connectivity index (χ2n) is 12.3. The van der Waals surface area contributed by atoms with Crippen LogP contribution >= 0.6 is 11.8 Å². The number of rotatable bonds is 9. The van der Waals surface area contributed by atoms with E-state index >= 15 is 0 Å². The first-order chi connectivity index (χ1) is 13.9. The van der Waals surface area contributed by atoms with E-state index in [0.29, 0.717) is 12.3 Å². The number of thioether (sulfide) groups is 1. The van der Waals surface area contributed by atoms with E-state index in [1.54, 1.807) is 0 Å². The van der Waals surface area contributed by atoms with E-state index in [1.807, 2.05) is 11.8 Å². The molecule has 0 aromatic rings. The van der Waals surface area contributed by atoms with Gasteiger partial charge in [0, 0.05) is 18.3 Å². The number of hydrogen-bond acceptors (Lipinski definition) is 5. The number of ether oxygens (including phenoxy) is 1. The van der Waals surface area contributed by atoms with Gasteiger partial charge >= 0.3 is 0 Å². The average Bonchev–Trinajstić information content (AvgIpc) is 2.60. The minimum atomic E-state index is -2.04. The van der Waals surface area contributed by atoms with Gasteiger partial charge < -0.3 is 18.4 Å². The maximum absolute atomic E-state index is 12.0. The molecule has 4 nitrogen and oxygen atoms in total. The summed E-state index contributed by atoms with van der Waals surface area (Å²) in [5.74, 6) is 1.52. The van der Waals surface area contributed by atoms with Crippen LogP contribution in [0.5, 0.6) is 0 Å². The van der Waals surface area contributed by atoms with Crippen LogP contribution in [-0.4, -0.2) is 52.4 Å². The SMILES string of the molecule is CCSC1O[C@H](C[C@H](C=O)O[Si](C)(C)C(C)(C)C)[C@@H](C)[C@@H](O[Si](C)(C)C(C)(C)C)[C@@H]1C. The normalized spacial score (nSPS) is 29.6. The molecular formula is C24H50O4SSi2. The molecule has 0 spiro atoms. The van der Waals surface area contributed by atoms with E-state index in [0.717, 1.165) is 12.0 Å². The van der Waals surface area contributed by atoms with Crippen LogP contribution in [0.4, 0.5) is 0 Å². The Kier molecular flexibility index (Phi) is 10.2. The summed E-state index contributed by atoms with van der Waals surface area (Å²) in [6.45, 7) is 29.2. The molecule has 1 heterocycles. The quantitative estimate of drug-likeness (QED) is 0.254. The van der Waals surface area contributed by atoms with Gasteiger partial charge in [-0.25, -0.2) is 0 Å². The lowest BCUT2D eigenvalue weighted by Gasteiger charge is -2.50. The van der Waals surface area contributed by atoms with E-state index in [2.05, 4.69) is 88.5 Å². The smallest absolute Gasteiger partial charge is 0.193 e. The molecule has 1 aliphatic rings. The molecule has 184 valence electrons.